The van der Waals surface area contributed by atoms with E-state index < -0.39 is 0 Å². The Bertz CT molecular complexity index is 655. The number of hydrogen-bond acceptors (Lipinski definition) is 5. The third-order valence-corrected chi connectivity index (χ3v) is 5.49. The molecule has 0 atom stereocenters. The van der Waals surface area contributed by atoms with E-state index >= 15 is 0 Å². The van der Waals surface area contributed by atoms with Crippen LogP contribution in [0.1, 0.15) is 17.4 Å². The van der Waals surface area contributed by atoms with Crippen LogP contribution in [-0.2, 0) is 17.8 Å². The van der Waals surface area contributed by atoms with Crippen molar-refractivity contribution < 1.29 is 9.13 Å². The van der Waals surface area contributed by atoms with Crippen molar-refractivity contribution in [3.05, 3.63) is 45.7 Å². The number of halogens is 2. The quantitative estimate of drug-likeness (QED) is 0.774. The Hall–Kier alpha value is -1.21. The smallest absolute Gasteiger partial charge is 0.185 e. The van der Waals surface area contributed by atoms with Crippen LogP contribution < -0.4 is 4.90 Å². The van der Waals surface area contributed by atoms with Gasteiger partial charge in [-0.3, -0.25) is 4.90 Å². The molecule has 0 saturated carbocycles. The number of morpholine rings is 1. The van der Waals surface area contributed by atoms with Crippen molar-refractivity contribution in [1.29, 1.82) is 0 Å². The van der Waals surface area contributed by atoms with E-state index in [1.807, 2.05) is 6.20 Å². The van der Waals surface area contributed by atoms with Gasteiger partial charge in [-0.25, -0.2) is 9.37 Å². The van der Waals surface area contributed by atoms with Crippen molar-refractivity contribution in [2.24, 2.45) is 0 Å². The van der Waals surface area contributed by atoms with Gasteiger partial charge < -0.3 is 9.64 Å². The molecule has 1 fully saturated rings. The van der Waals surface area contributed by atoms with E-state index in [1.54, 1.807) is 23.5 Å². The van der Waals surface area contributed by atoms with Gasteiger partial charge in [-0.15, -0.1) is 11.3 Å². The zero-order chi connectivity index (χ0) is 16.9. The minimum Gasteiger partial charge on any atom is -0.378 e. The van der Waals surface area contributed by atoms with E-state index in [1.165, 1.54) is 10.9 Å². The van der Waals surface area contributed by atoms with Crippen LogP contribution in [0.25, 0.3) is 0 Å². The van der Waals surface area contributed by atoms with Crippen LogP contribution in [0.3, 0.4) is 0 Å². The van der Waals surface area contributed by atoms with E-state index in [4.69, 9.17) is 16.3 Å². The molecular formula is C17H21ClFN3OS. The molecule has 7 heteroatoms. The Balaban J connectivity index is 1.66. The number of benzene rings is 1. The standard InChI is InChI=1S/C17H21ClFN3OS/c1-2-21(12-14-15(18)4-3-5-16(14)19)11-13-10-20-17(24-13)22-6-8-23-9-7-22/h3-5,10H,2,6-9,11-12H2,1H3. The SMILES string of the molecule is CCN(Cc1cnc(N2CCOCC2)s1)Cc1c(F)cccc1Cl. The van der Waals surface area contributed by atoms with Gasteiger partial charge in [-0.1, -0.05) is 24.6 Å². The molecule has 0 N–H and O–H groups in total. The van der Waals surface area contributed by atoms with E-state index in [-0.39, 0.29) is 5.82 Å². The number of aromatic nitrogens is 1. The number of thiazole rings is 1. The lowest BCUT2D eigenvalue weighted by Gasteiger charge is -2.26. The van der Waals surface area contributed by atoms with Gasteiger partial charge in [0.1, 0.15) is 5.82 Å². The summed E-state index contributed by atoms with van der Waals surface area (Å²) in [7, 11) is 0. The molecule has 0 radical (unpaired) electrons. The molecule has 24 heavy (non-hydrogen) atoms. The first kappa shape index (κ1) is 17.6. The average Bonchev–Trinajstić information content (AvgIpc) is 3.06. The van der Waals surface area contributed by atoms with Gasteiger partial charge in [-0.05, 0) is 18.7 Å². The Morgan fingerprint density at radius 1 is 1.33 bits per heavy atom. The normalized spacial score (nSPS) is 15.2. The average molecular weight is 370 g/mol. The van der Waals surface area contributed by atoms with Crippen LogP contribution in [0, 0.1) is 5.82 Å². The Morgan fingerprint density at radius 2 is 2.12 bits per heavy atom. The van der Waals surface area contributed by atoms with Gasteiger partial charge in [0, 0.05) is 47.8 Å². The van der Waals surface area contributed by atoms with E-state index in [9.17, 15) is 4.39 Å². The molecule has 3 rings (SSSR count). The third-order valence-electron chi connectivity index (χ3n) is 4.09. The third kappa shape index (κ3) is 4.25. The summed E-state index contributed by atoms with van der Waals surface area (Å²) in [6.45, 7) is 7.39. The highest BCUT2D eigenvalue weighted by molar-refractivity contribution is 7.15. The molecule has 1 aliphatic heterocycles. The van der Waals surface area contributed by atoms with Crippen molar-refractivity contribution in [1.82, 2.24) is 9.88 Å². The topological polar surface area (TPSA) is 28.6 Å². The largest absolute Gasteiger partial charge is 0.378 e. The lowest BCUT2D eigenvalue weighted by molar-refractivity contribution is 0.122. The molecule has 1 aliphatic rings. The molecule has 0 bridgehead atoms. The maximum atomic E-state index is 14.0. The lowest BCUT2D eigenvalue weighted by atomic mass is 10.2. The molecular weight excluding hydrogens is 349 g/mol. The molecule has 1 aromatic heterocycles. The maximum absolute atomic E-state index is 14.0. The highest BCUT2D eigenvalue weighted by atomic mass is 35.5. The van der Waals surface area contributed by atoms with Crippen LogP contribution >= 0.6 is 22.9 Å². The number of hydrogen-bond donors (Lipinski definition) is 0. The fourth-order valence-corrected chi connectivity index (χ4v) is 3.90. The molecule has 2 aromatic rings. The predicted octanol–water partition coefficient (Wildman–Crippen LogP) is 3.79. The summed E-state index contributed by atoms with van der Waals surface area (Å²) >= 11 is 7.84. The summed E-state index contributed by atoms with van der Waals surface area (Å²) < 4.78 is 19.4. The number of rotatable bonds is 6. The monoisotopic (exact) mass is 369 g/mol. The molecule has 0 spiro atoms. The number of ether oxygens (including phenoxy) is 1. The van der Waals surface area contributed by atoms with Crippen LogP contribution in [0.15, 0.2) is 24.4 Å². The van der Waals surface area contributed by atoms with E-state index in [0.29, 0.717) is 17.1 Å². The van der Waals surface area contributed by atoms with Crippen LogP contribution in [0.4, 0.5) is 9.52 Å². The van der Waals surface area contributed by atoms with Gasteiger partial charge in [-0.2, -0.15) is 0 Å². The first-order valence-electron chi connectivity index (χ1n) is 8.10. The number of nitrogens with zero attached hydrogens (tertiary/aromatic N) is 3. The van der Waals surface area contributed by atoms with Gasteiger partial charge in [0.25, 0.3) is 0 Å². The summed E-state index contributed by atoms with van der Waals surface area (Å²) in [6.07, 6.45) is 1.92. The highest BCUT2D eigenvalue weighted by Crippen LogP contribution is 2.26. The molecule has 1 saturated heterocycles. The molecule has 0 amide bonds. The van der Waals surface area contributed by atoms with Crippen molar-refractivity contribution in [2.75, 3.05) is 37.7 Å². The lowest BCUT2D eigenvalue weighted by Crippen LogP contribution is -2.36. The fourth-order valence-electron chi connectivity index (χ4n) is 2.68. The van der Waals surface area contributed by atoms with Crippen LogP contribution in [-0.4, -0.2) is 42.7 Å². The molecule has 0 aliphatic carbocycles. The second-order valence-corrected chi connectivity index (χ2v) is 7.21. The van der Waals surface area contributed by atoms with Crippen molar-refractivity contribution in [3.63, 3.8) is 0 Å². The summed E-state index contributed by atoms with van der Waals surface area (Å²) in [4.78, 5) is 10.1. The molecule has 0 unspecified atom stereocenters. The predicted molar refractivity (Wildman–Crippen MR) is 96.3 cm³/mol. The Kier molecular flexibility index (Phi) is 6.05. The second-order valence-electron chi connectivity index (χ2n) is 5.71. The minimum atomic E-state index is -0.251. The summed E-state index contributed by atoms with van der Waals surface area (Å²) in [5.74, 6) is -0.251. The van der Waals surface area contributed by atoms with Gasteiger partial charge in [0.2, 0.25) is 0 Å². The molecule has 4 nitrogen and oxygen atoms in total. The van der Waals surface area contributed by atoms with Crippen molar-refractivity contribution in [3.8, 4) is 0 Å². The first-order chi connectivity index (χ1) is 11.7. The second kappa shape index (κ2) is 8.25. The van der Waals surface area contributed by atoms with Crippen molar-refractivity contribution >= 4 is 28.1 Å². The molecule has 130 valence electrons. The van der Waals surface area contributed by atoms with Crippen molar-refractivity contribution in [2.45, 2.75) is 20.0 Å². The van der Waals surface area contributed by atoms with Gasteiger partial charge >= 0.3 is 0 Å². The summed E-state index contributed by atoms with van der Waals surface area (Å²) in [6, 6.07) is 4.82. The first-order valence-corrected chi connectivity index (χ1v) is 9.29. The Labute approximate surface area is 150 Å². The minimum absolute atomic E-state index is 0.251. The maximum Gasteiger partial charge on any atom is 0.185 e. The zero-order valence-electron chi connectivity index (χ0n) is 13.7. The van der Waals surface area contributed by atoms with Gasteiger partial charge in [0.05, 0.1) is 13.2 Å². The zero-order valence-corrected chi connectivity index (χ0v) is 15.2. The molecule has 1 aromatic carbocycles. The van der Waals surface area contributed by atoms with E-state index in [2.05, 4.69) is 21.7 Å². The van der Waals surface area contributed by atoms with Gasteiger partial charge in [0.15, 0.2) is 5.13 Å². The number of anilines is 1. The van der Waals surface area contributed by atoms with E-state index in [0.717, 1.165) is 44.5 Å². The van der Waals surface area contributed by atoms with Crippen LogP contribution in [0.5, 0.6) is 0 Å². The van der Waals surface area contributed by atoms with Crippen LogP contribution in [0.2, 0.25) is 5.02 Å². The summed E-state index contributed by atoms with van der Waals surface area (Å²) in [5, 5.41) is 1.51. The fraction of sp³-hybridized carbons (Fsp3) is 0.471. The Morgan fingerprint density at radius 3 is 2.83 bits per heavy atom. The summed E-state index contributed by atoms with van der Waals surface area (Å²) in [5.41, 5.74) is 0.555. The molecule has 2 heterocycles. The highest BCUT2D eigenvalue weighted by Gasteiger charge is 2.17.